The summed E-state index contributed by atoms with van der Waals surface area (Å²) in [5.41, 5.74) is 0. The highest BCUT2D eigenvalue weighted by atomic mass is 16.6. The van der Waals surface area contributed by atoms with Crippen molar-refractivity contribution in [1.82, 2.24) is 0 Å². The molecular formula is C67H126O5. The van der Waals surface area contributed by atoms with E-state index in [-0.39, 0.29) is 18.5 Å². The summed E-state index contributed by atoms with van der Waals surface area (Å²) in [5.74, 6) is -0.385. The summed E-state index contributed by atoms with van der Waals surface area (Å²) in [5, 5.41) is 0. The lowest BCUT2D eigenvalue weighted by Crippen LogP contribution is -2.30. The van der Waals surface area contributed by atoms with E-state index in [1.54, 1.807) is 0 Å². The third-order valence-corrected chi connectivity index (χ3v) is 14.7. The van der Waals surface area contributed by atoms with Gasteiger partial charge in [-0.3, -0.25) is 9.59 Å². The normalized spacial score (nSPS) is 12.3. The maximum Gasteiger partial charge on any atom is 0.306 e. The lowest BCUT2D eigenvalue weighted by molar-refractivity contribution is -0.163. The number of carbonyl (C=O) groups is 2. The number of allylic oxidation sites excluding steroid dienone is 6. The Morgan fingerprint density at radius 1 is 0.306 bits per heavy atom. The van der Waals surface area contributed by atoms with Crippen LogP contribution in [0.3, 0.4) is 0 Å². The van der Waals surface area contributed by atoms with Crippen LogP contribution in [0.25, 0.3) is 0 Å². The van der Waals surface area contributed by atoms with Crippen molar-refractivity contribution < 1.29 is 23.8 Å². The summed E-state index contributed by atoms with van der Waals surface area (Å²) in [4.78, 5) is 25.6. The molecule has 72 heavy (non-hydrogen) atoms. The zero-order chi connectivity index (χ0) is 52.0. The summed E-state index contributed by atoms with van der Waals surface area (Å²) in [6, 6.07) is 0. The lowest BCUT2D eigenvalue weighted by atomic mass is 10.0. The topological polar surface area (TPSA) is 61.8 Å². The molecule has 0 N–H and O–H groups in total. The molecule has 0 aromatic rings. The van der Waals surface area contributed by atoms with E-state index in [0.29, 0.717) is 26.1 Å². The molecule has 5 heteroatoms. The second-order valence-corrected chi connectivity index (χ2v) is 22.0. The zero-order valence-corrected chi connectivity index (χ0v) is 49.0. The number of ether oxygens (including phenoxy) is 3. The first-order valence-electron chi connectivity index (χ1n) is 32.5. The summed E-state index contributed by atoms with van der Waals surface area (Å²) < 4.78 is 17.6. The third-order valence-electron chi connectivity index (χ3n) is 14.7. The van der Waals surface area contributed by atoms with Crippen molar-refractivity contribution in [2.24, 2.45) is 0 Å². The van der Waals surface area contributed by atoms with E-state index < -0.39 is 6.10 Å². The largest absolute Gasteiger partial charge is 0.462 e. The fourth-order valence-corrected chi connectivity index (χ4v) is 9.82. The van der Waals surface area contributed by atoms with Crippen molar-refractivity contribution in [1.29, 1.82) is 0 Å². The molecule has 1 unspecified atom stereocenters. The molecule has 0 amide bonds. The van der Waals surface area contributed by atoms with Gasteiger partial charge in [0.2, 0.25) is 0 Å². The van der Waals surface area contributed by atoms with Crippen LogP contribution < -0.4 is 0 Å². The van der Waals surface area contributed by atoms with Gasteiger partial charge in [0.1, 0.15) is 6.61 Å². The van der Waals surface area contributed by atoms with E-state index in [0.717, 1.165) is 57.8 Å². The predicted molar refractivity (Wildman–Crippen MR) is 316 cm³/mol. The van der Waals surface area contributed by atoms with E-state index in [2.05, 4.69) is 57.2 Å². The maximum absolute atomic E-state index is 12.9. The Labute approximate surface area is 450 Å². The minimum absolute atomic E-state index is 0.0857. The molecule has 424 valence electrons. The molecule has 0 spiro atoms. The molecule has 0 aliphatic rings. The predicted octanol–water partition coefficient (Wildman–Crippen LogP) is 22.5. The van der Waals surface area contributed by atoms with Crippen molar-refractivity contribution in [3.05, 3.63) is 36.5 Å². The van der Waals surface area contributed by atoms with E-state index in [4.69, 9.17) is 14.2 Å². The maximum atomic E-state index is 12.9. The molecule has 0 saturated carbocycles. The monoisotopic (exact) mass is 1010 g/mol. The zero-order valence-electron chi connectivity index (χ0n) is 49.0. The summed E-state index contributed by atoms with van der Waals surface area (Å²) >= 11 is 0. The second-order valence-electron chi connectivity index (χ2n) is 22.0. The van der Waals surface area contributed by atoms with Crippen molar-refractivity contribution in [2.45, 2.75) is 361 Å². The van der Waals surface area contributed by atoms with Gasteiger partial charge in [-0.2, -0.15) is 0 Å². The van der Waals surface area contributed by atoms with Gasteiger partial charge in [0.15, 0.2) is 6.10 Å². The van der Waals surface area contributed by atoms with Crippen LogP contribution in [-0.4, -0.2) is 37.9 Å². The van der Waals surface area contributed by atoms with E-state index in [1.807, 2.05) is 0 Å². The van der Waals surface area contributed by atoms with E-state index in [9.17, 15) is 9.59 Å². The minimum atomic E-state index is -0.537. The molecular weight excluding hydrogens is 885 g/mol. The number of rotatable bonds is 61. The summed E-state index contributed by atoms with van der Waals surface area (Å²) in [6.45, 7) is 7.88. The Balaban J connectivity index is 4.24. The molecule has 5 nitrogen and oxygen atoms in total. The smallest absolute Gasteiger partial charge is 0.306 e. The van der Waals surface area contributed by atoms with Gasteiger partial charge >= 0.3 is 11.9 Å². The fraction of sp³-hybridized carbons (Fsp3) is 0.881. The molecule has 0 bridgehead atoms. The van der Waals surface area contributed by atoms with E-state index >= 15 is 0 Å². The standard InChI is InChI=1S/C67H126O5/c1-4-7-10-13-16-19-22-25-28-31-33-35-38-41-44-47-50-53-56-59-62-70-63-65(72-67(69)61-58-55-52-49-46-43-40-36-30-27-24-21-18-15-12-9-6-3)64-71-66(68)60-57-54-51-48-45-42-39-37-34-32-29-26-23-20-17-14-11-8-5-2/h17,20,26,29,34,37,65H,4-16,18-19,21-25,27-28,30-33,35-36,38-64H2,1-3H3/b20-17-,29-26-,37-34-. The molecule has 0 aliphatic carbocycles. The van der Waals surface area contributed by atoms with Gasteiger partial charge in [-0.15, -0.1) is 0 Å². The highest BCUT2D eigenvalue weighted by molar-refractivity contribution is 5.70. The SMILES string of the molecule is CCCCC/C=C\C/C=C\C/C=C\CCCCCCCCC(=O)OCC(COCCCCCCCCCCCCCCCCCCCCCC)OC(=O)CCCCCCCCCCCCCCCCCCC. The quantitative estimate of drug-likeness (QED) is 0.0345. The Morgan fingerprint density at radius 3 is 0.958 bits per heavy atom. The van der Waals surface area contributed by atoms with Crippen molar-refractivity contribution in [3.63, 3.8) is 0 Å². The Kier molecular flexibility index (Phi) is 61.8. The molecule has 0 heterocycles. The van der Waals surface area contributed by atoms with E-state index in [1.165, 1.54) is 263 Å². The number of hydrogen-bond acceptors (Lipinski definition) is 5. The van der Waals surface area contributed by atoms with Gasteiger partial charge in [0.25, 0.3) is 0 Å². The van der Waals surface area contributed by atoms with Crippen LogP contribution >= 0.6 is 0 Å². The van der Waals surface area contributed by atoms with Crippen LogP contribution in [-0.2, 0) is 23.8 Å². The van der Waals surface area contributed by atoms with Gasteiger partial charge in [0, 0.05) is 19.4 Å². The molecule has 0 aromatic heterocycles. The van der Waals surface area contributed by atoms with Gasteiger partial charge in [0.05, 0.1) is 6.61 Å². The number of unbranched alkanes of at least 4 members (excludes halogenated alkanes) is 44. The number of hydrogen-bond donors (Lipinski definition) is 0. The van der Waals surface area contributed by atoms with Crippen LogP contribution in [0, 0.1) is 0 Å². The molecule has 0 aromatic carbocycles. The van der Waals surface area contributed by atoms with Crippen LogP contribution in [0.15, 0.2) is 36.5 Å². The van der Waals surface area contributed by atoms with Crippen LogP contribution in [0.2, 0.25) is 0 Å². The van der Waals surface area contributed by atoms with Crippen molar-refractivity contribution in [2.75, 3.05) is 19.8 Å². The highest BCUT2D eigenvalue weighted by Crippen LogP contribution is 2.18. The molecule has 0 fully saturated rings. The van der Waals surface area contributed by atoms with Gasteiger partial charge in [-0.1, -0.05) is 320 Å². The Bertz CT molecular complexity index is 1140. The van der Waals surface area contributed by atoms with Crippen LogP contribution in [0.5, 0.6) is 0 Å². The van der Waals surface area contributed by atoms with Crippen LogP contribution in [0.1, 0.15) is 355 Å². The average Bonchev–Trinajstić information content (AvgIpc) is 3.38. The molecule has 0 rings (SSSR count). The first kappa shape index (κ1) is 70.1. The molecule has 0 aliphatic heterocycles. The lowest BCUT2D eigenvalue weighted by Gasteiger charge is -2.18. The number of esters is 2. The third kappa shape index (κ3) is 60.7. The van der Waals surface area contributed by atoms with Gasteiger partial charge in [-0.25, -0.2) is 0 Å². The summed E-state index contributed by atoms with van der Waals surface area (Å²) in [7, 11) is 0. The Hall–Kier alpha value is -1.88. The minimum Gasteiger partial charge on any atom is -0.462 e. The molecule has 0 radical (unpaired) electrons. The molecule has 1 atom stereocenters. The van der Waals surface area contributed by atoms with Crippen LogP contribution in [0.4, 0.5) is 0 Å². The Morgan fingerprint density at radius 2 is 0.583 bits per heavy atom. The summed E-state index contributed by atoms with van der Waals surface area (Å²) in [6.07, 6.45) is 79.0. The first-order chi connectivity index (χ1) is 35.6. The van der Waals surface area contributed by atoms with Gasteiger partial charge in [-0.05, 0) is 57.8 Å². The van der Waals surface area contributed by atoms with Crippen molar-refractivity contribution in [3.8, 4) is 0 Å². The first-order valence-corrected chi connectivity index (χ1v) is 32.5. The highest BCUT2D eigenvalue weighted by Gasteiger charge is 2.18. The van der Waals surface area contributed by atoms with Gasteiger partial charge < -0.3 is 14.2 Å². The second kappa shape index (κ2) is 63.4. The average molecular weight is 1010 g/mol. The van der Waals surface area contributed by atoms with Crippen molar-refractivity contribution >= 4 is 11.9 Å². The fourth-order valence-electron chi connectivity index (χ4n) is 9.82. The number of carbonyl (C=O) groups excluding carboxylic acids is 2. The molecule has 0 saturated heterocycles.